The van der Waals surface area contributed by atoms with Gasteiger partial charge >= 0.3 is 12.4 Å². The van der Waals surface area contributed by atoms with Crippen molar-refractivity contribution >= 4 is 39.5 Å². The predicted molar refractivity (Wildman–Crippen MR) is 131 cm³/mol. The van der Waals surface area contributed by atoms with Gasteiger partial charge in [0.05, 0.1) is 18.0 Å². The molecule has 1 atom stereocenters. The van der Waals surface area contributed by atoms with Gasteiger partial charge in [-0.1, -0.05) is 42.0 Å². The van der Waals surface area contributed by atoms with Gasteiger partial charge in [0.2, 0.25) is 0 Å². The zero-order valence-electron chi connectivity index (χ0n) is 19.5. The van der Waals surface area contributed by atoms with Crippen LogP contribution in [0.25, 0.3) is 6.08 Å². The Balaban J connectivity index is 1.75. The summed E-state index contributed by atoms with van der Waals surface area (Å²) in [5.74, 6) is -2.20. The van der Waals surface area contributed by atoms with Crippen LogP contribution in [0.3, 0.4) is 0 Å². The molecule has 0 bridgehead atoms. The molecule has 0 radical (unpaired) electrons. The SMILES string of the molecule is Cc1cc(C(/C=C/c2ccc(C(=O)N3CCN(CC(F)(F)F)CC3)c(Br)c2)C(F)(F)F)cc(C)c1Cl. The molecular weight excluding hydrogens is 574 g/mol. The fourth-order valence-corrected chi connectivity index (χ4v) is 4.79. The van der Waals surface area contributed by atoms with Crippen LogP contribution in [-0.4, -0.2) is 60.8 Å². The number of allylic oxidation sites excluding steroid dienone is 1. The molecule has 2 aromatic carbocycles. The number of halogens is 8. The molecule has 1 aliphatic rings. The predicted octanol–water partition coefficient (Wildman–Crippen LogP) is 7.40. The summed E-state index contributed by atoms with van der Waals surface area (Å²) < 4.78 is 79.6. The first-order chi connectivity index (χ1) is 16.7. The van der Waals surface area contributed by atoms with Crippen LogP contribution in [0.5, 0.6) is 0 Å². The fraction of sp³-hybridized carbons (Fsp3) is 0.400. The van der Waals surface area contributed by atoms with E-state index in [1.54, 1.807) is 13.8 Å². The van der Waals surface area contributed by atoms with Gasteiger partial charge in [-0.2, -0.15) is 26.3 Å². The van der Waals surface area contributed by atoms with E-state index in [-0.39, 0.29) is 43.2 Å². The van der Waals surface area contributed by atoms with E-state index >= 15 is 0 Å². The lowest BCUT2D eigenvalue weighted by Crippen LogP contribution is -2.50. The van der Waals surface area contributed by atoms with Crippen molar-refractivity contribution in [2.45, 2.75) is 32.1 Å². The van der Waals surface area contributed by atoms with Gasteiger partial charge in [0.1, 0.15) is 0 Å². The molecule has 1 aliphatic heterocycles. The van der Waals surface area contributed by atoms with Gasteiger partial charge < -0.3 is 4.90 Å². The zero-order valence-corrected chi connectivity index (χ0v) is 21.8. The number of piperazine rings is 1. The lowest BCUT2D eigenvalue weighted by atomic mass is 9.94. The van der Waals surface area contributed by atoms with Crippen molar-refractivity contribution in [1.82, 2.24) is 9.80 Å². The van der Waals surface area contributed by atoms with Gasteiger partial charge in [0.25, 0.3) is 5.91 Å². The highest BCUT2D eigenvalue weighted by Crippen LogP contribution is 2.38. The second kappa shape index (κ2) is 11.1. The zero-order chi connectivity index (χ0) is 26.8. The molecule has 1 amide bonds. The molecule has 1 heterocycles. The highest BCUT2D eigenvalue weighted by molar-refractivity contribution is 9.10. The fourth-order valence-electron chi connectivity index (χ4n) is 4.12. The third kappa shape index (κ3) is 7.26. The minimum Gasteiger partial charge on any atom is -0.336 e. The minimum atomic E-state index is -4.52. The Labute approximate surface area is 218 Å². The Morgan fingerprint density at radius 2 is 1.61 bits per heavy atom. The molecule has 1 saturated heterocycles. The molecule has 1 unspecified atom stereocenters. The summed E-state index contributed by atoms with van der Waals surface area (Å²) in [5.41, 5.74) is 1.92. The van der Waals surface area contributed by atoms with E-state index in [9.17, 15) is 31.1 Å². The van der Waals surface area contributed by atoms with Gasteiger partial charge in [0.15, 0.2) is 0 Å². The molecule has 196 valence electrons. The van der Waals surface area contributed by atoms with Gasteiger partial charge in [-0.15, -0.1) is 0 Å². The summed E-state index contributed by atoms with van der Waals surface area (Å²) in [6, 6.07) is 7.40. The molecule has 2 aromatic rings. The summed E-state index contributed by atoms with van der Waals surface area (Å²) in [4.78, 5) is 15.6. The number of amides is 1. The number of aryl methyl sites for hydroxylation is 2. The van der Waals surface area contributed by atoms with Crippen molar-refractivity contribution < 1.29 is 31.1 Å². The second-order valence-corrected chi connectivity index (χ2v) is 10.0. The van der Waals surface area contributed by atoms with Crippen molar-refractivity contribution in [1.29, 1.82) is 0 Å². The number of rotatable bonds is 5. The van der Waals surface area contributed by atoms with E-state index < -0.39 is 24.8 Å². The monoisotopic (exact) mass is 596 g/mol. The minimum absolute atomic E-state index is 0.0775. The summed E-state index contributed by atoms with van der Waals surface area (Å²) in [5, 5.41) is 0.426. The quantitative estimate of drug-likeness (QED) is 0.336. The van der Waals surface area contributed by atoms with Crippen LogP contribution >= 0.6 is 27.5 Å². The maximum absolute atomic E-state index is 13.8. The number of alkyl halides is 6. The van der Waals surface area contributed by atoms with E-state index in [1.165, 1.54) is 46.2 Å². The molecule has 0 spiro atoms. The lowest BCUT2D eigenvalue weighted by molar-refractivity contribution is -0.148. The van der Waals surface area contributed by atoms with Crippen molar-refractivity contribution in [3.63, 3.8) is 0 Å². The van der Waals surface area contributed by atoms with Crippen LogP contribution in [0.2, 0.25) is 5.02 Å². The maximum Gasteiger partial charge on any atom is 0.401 e. The summed E-state index contributed by atoms with van der Waals surface area (Å²) >= 11 is 9.41. The molecule has 3 rings (SSSR count). The first-order valence-electron chi connectivity index (χ1n) is 11.0. The van der Waals surface area contributed by atoms with Crippen LogP contribution in [0, 0.1) is 13.8 Å². The van der Waals surface area contributed by atoms with Crippen LogP contribution in [0.1, 0.15) is 38.5 Å². The van der Waals surface area contributed by atoms with Crippen LogP contribution < -0.4 is 0 Å². The Bertz CT molecular complexity index is 1120. The molecular formula is C25H24BrClF6N2O. The van der Waals surface area contributed by atoms with Crippen LogP contribution in [0.15, 0.2) is 40.9 Å². The molecule has 0 saturated carbocycles. The Morgan fingerprint density at radius 3 is 2.11 bits per heavy atom. The number of hydrogen-bond donors (Lipinski definition) is 0. The molecule has 1 fully saturated rings. The van der Waals surface area contributed by atoms with Crippen molar-refractivity contribution in [2.75, 3.05) is 32.7 Å². The first kappa shape index (κ1) is 28.5. The van der Waals surface area contributed by atoms with E-state index in [2.05, 4.69) is 15.9 Å². The second-order valence-electron chi connectivity index (χ2n) is 8.77. The normalized spacial score (nSPS) is 16.6. The Morgan fingerprint density at radius 1 is 1.03 bits per heavy atom. The third-order valence-corrected chi connectivity index (χ3v) is 7.19. The van der Waals surface area contributed by atoms with Crippen LogP contribution in [-0.2, 0) is 0 Å². The average molecular weight is 598 g/mol. The Kier molecular flexibility index (Phi) is 8.83. The topological polar surface area (TPSA) is 23.6 Å². The lowest BCUT2D eigenvalue weighted by Gasteiger charge is -2.35. The largest absolute Gasteiger partial charge is 0.401 e. The van der Waals surface area contributed by atoms with Crippen molar-refractivity contribution in [3.05, 3.63) is 73.7 Å². The molecule has 0 N–H and O–H groups in total. The average Bonchev–Trinajstić information content (AvgIpc) is 2.75. The van der Waals surface area contributed by atoms with E-state index in [0.717, 1.165) is 6.08 Å². The highest BCUT2D eigenvalue weighted by Gasteiger charge is 2.39. The van der Waals surface area contributed by atoms with Crippen LogP contribution in [0.4, 0.5) is 26.3 Å². The van der Waals surface area contributed by atoms with E-state index in [0.29, 0.717) is 26.2 Å². The maximum atomic E-state index is 13.8. The number of nitrogens with zero attached hydrogens (tertiary/aromatic N) is 2. The Hall–Kier alpha value is -2.04. The number of hydrogen-bond acceptors (Lipinski definition) is 2. The van der Waals surface area contributed by atoms with E-state index in [4.69, 9.17) is 11.6 Å². The van der Waals surface area contributed by atoms with E-state index in [1.807, 2.05) is 0 Å². The number of carbonyl (C=O) groups is 1. The highest BCUT2D eigenvalue weighted by atomic mass is 79.9. The van der Waals surface area contributed by atoms with Gasteiger partial charge in [0, 0.05) is 35.7 Å². The number of benzene rings is 2. The van der Waals surface area contributed by atoms with Crippen molar-refractivity contribution in [2.24, 2.45) is 0 Å². The summed E-state index contributed by atoms with van der Waals surface area (Å²) in [7, 11) is 0. The van der Waals surface area contributed by atoms with Gasteiger partial charge in [-0.3, -0.25) is 9.69 Å². The van der Waals surface area contributed by atoms with Crippen molar-refractivity contribution in [3.8, 4) is 0 Å². The van der Waals surface area contributed by atoms with Gasteiger partial charge in [-0.25, -0.2) is 0 Å². The molecule has 11 heteroatoms. The summed E-state index contributed by atoms with van der Waals surface area (Å²) in [6.45, 7) is 2.79. The molecule has 36 heavy (non-hydrogen) atoms. The third-order valence-electron chi connectivity index (χ3n) is 5.94. The smallest absolute Gasteiger partial charge is 0.336 e. The molecule has 0 aliphatic carbocycles. The molecule has 0 aromatic heterocycles. The van der Waals surface area contributed by atoms with Gasteiger partial charge in [-0.05, 0) is 64.2 Å². The number of carbonyl (C=O) groups excluding carboxylic acids is 1. The first-order valence-corrected chi connectivity index (χ1v) is 12.2. The standard InChI is InChI=1S/C25H24BrClF6N2O/c1-15-11-18(12-16(2)22(15)27)20(25(31,32)33)6-4-17-3-5-19(21(26)13-17)23(36)35-9-7-34(8-10-35)14-24(28,29)30/h3-6,11-13,20H,7-10,14H2,1-2H3/b6-4+. The summed E-state index contributed by atoms with van der Waals surface area (Å²) in [6.07, 6.45) is -6.42. The molecule has 3 nitrogen and oxygen atoms in total.